The maximum absolute atomic E-state index is 11.6. The predicted octanol–water partition coefficient (Wildman–Crippen LogP) is 0.740. The standard InChI is InChI=1S/C13H15N5O2/c1-14-12(19)9-15-13(20)17-10-4-2-5-11(8-10)18-7-3-6-16-18/h2-8H,9H2,1H3,(H,14,19)(H2,15,17,20). The average Bonchev–Trinajstić information content (AvgIpc) is 2.99. The molecule has 0 aliphatic heterocycles. The minimum absolute atomic E-state index is 0.0683. The fourth-order valence-electron chi connectivity index (χ4n) is 1.57. The molecule has 7 nitrogen and oxygen atoms in total. The summed E-state index contributed by atoms with van der Waals surface area (Å²) < 4.78 is 1.69. The molecule has 0 spiro atoms. The van der Waals surface area contributed by atoms with Crippen molar-refractivity contribution in [1.82, 2.24) is 20.4 Å². The molecule has 0 aliphatic carbocycles. The van der Waals surface area contributed by atoms with Crippen LogP contribution >= 0.6 is 0 Å². The van der Waals surface area contributed by atoms with Gasteiger partial charge in [0.2, 0.25) is 5.91 Å². The van der Waals surface area contributed by atoms with Crippen LogP contribution < -0.4 is 16.0 Å². The van der Waals surface area contributed by atoms with Gasteiger partial charge in [-0.3, -0.25) is 4.79 Å². The van der Waals surface area contributed by atoms with Crippen molar-refractivity contribution in [1.29, 1.82) is 0 Å². The van der Waals surface area contributed by atoms with E-state index in [1.54, 1.807) is 23.0 Å². The number of benzene rings is 1. The summed E-state index contributed by atoms with van der Waals surface area (Å²) in [7, 11) is 1.51. The lowest BCUT2D eigenvalue weighted by Gasteiger charge is -2.08. The molecule has 0 radical (unpaired) electrons. The molecule has 0 fully saturated rings. The van der Waals surface area contributed by atoms with Gasteiger partial charge in [-0.05, 0) is 24.3 Å². The molecule has 0 saturated heterocycles. The smallest absolute Gasteiger partial charge is 0.319 e. The van der Waals surface area contributed by atoms with E-state index < -0.39 is 6.03 Å². The van der Waals surface area contributed by atoms with Gasteiger partial charge in [0.15, 0.2) is 0 Å². The molecule has 3 N–H and O–H groups in total. The summed E-state index contributed by atoms with van der Waals surface area (Å²) in [6, 6.07) is 8.60. The largest absolute Gasteiger partial charge is 0.358 e. The number of nitrogens with zero attached hydrogens (tertiary/aromatic N) is 2. The minimum atomic E-state index is -0.439. The summed E-state index contributed by atoms with van der Waals surface area (Å²) in [6.07, 6.45) is 3.49. The minimum Gasteiger partial charge on any atom is -0.358 e. The Morgan fingerprint density at radius 2 is 2.15 bits per heavy atom. The van der Waals surface area contributed by atoms with Gasteiger partial charge in [-0.25, -0.2) is 9.48 Å². The van der Waals surface area contributed by atoms with Gasteiger partial charge in [-0.1, -0.05) is 6.07 Å². The van der Waals surface area contributed by atoms with Crippen LogP contribution in [0.25, 0.3) is 5.69 Å². The van der Waals surface area contributed by atoms with Crippen molar-refractivity contribution in [3.8, 4) is 5.69 Å². The Morgan fingerprint density at radius 3 is 2.85 bits per heavy atom. The van der Waals surface area contributed by atoms with Gasteiger partial charge < -0.3 is 16.0 Å². The van der Waals surface area contributed by atoms with E-state index in [4.69, 9.17) is 0 Å². The van der Waals surface area contributed by atoms with E-state index in [0.29, 0.717) is 5.69 Å². The van der Waals surface area contributed by atoms with Crippen molar-refractivity contribution in [2.24, 2.45) is 0 Å². The van der Waals surface area contributed by atoms with Gasteiger partial charge in [-0.15, -0.1) is 0 Å². The SMILES string of the molecule is CNC(=O)CNC(=O)Nc1cccc(-n2cccn2)c1. The number of likely N-dealkylation sites (N-methyl/N-ethyl adjacent to an activating group) is 1. The van der Waals surface area contributed by atoms with E-state index >= 15 is 0 Å². The molecule has 1 aromatic heterocycles. The van der Waals surface area contributed by atoms with E-state index in [-0.39, 0.29) is 12.5 Å². The third kappa shape index (κ3) is 3.58. The molecule has 0 aliphatic rings. The van der Waals surface area contributed by atoms with E-state index in [2.05, 4.69) is 21.0 Å². The zero-order valence-electron chi connectivity index (χ0n) is 11.0. The van der Waals surface area contributed by atoms with Crippen LogP contribution in [0.15, 0.2) is 42.7 Å². The lowest BCUT2D eigenvalue weighted by atomic mass is 10.3. The summed E-state index contributed by atoms with van der Waals surface area (Å²) in [5.41, 5.74) is 1.45. The van der Waals surface area contributed by atoms with Crippen LogP contribution in [0.1, 0.15) is 0 Å². The molecule has 20 heavy (non-hydrogen) atoms. The highest BCUT2D eigenvalue weighted by atomic mass is 16.2. The van der Waals surface area contributed by atoms with Crippen LogP contribution in [0, 0.1) is 0 Å². The van der Waals surface area contributed by atoms with Crippen LogP contribution in [0.5, 0.6) is 0 Å². The number of anilines is 1. The molecule has 1 aromatic carbocycles. The first-order valence-corrected chi connectivity index (χ1v) is 6.04. The fourth-order valence-corrected chi connectivity index (χ4v) is 1.57. The Labute approximate surface area is 116 Å². The van der Waals surface area contributed by atoms with Gasteiger partial charge in [0.25, 0.3) is 0 Å². The number of carbonyl (C=O) groups is 2. The Kier molecular flexibility index (Phi) is 4.33. The molecule has 0 bridgehead atoms. The van der Waals surface area contributed by atoms with Gasteiger partial charge in [0, 0.05) is 25.1 Å². The highest BCUT2D eigenvalue weighted by molar-refractivity contribution is 5.92. The molecular formula is C13H15N5O2. The number of rotatable bonds is 4. The van der Waals surface area contributed by atoms with Gasteiger partial charge in [0.05, 0.1) is 12.2 Å². The molecule has 1 heterocycles. The third-order valence-electron chi connectivity index (χ3n) is 2.56. The molecule has 2 rings (SSSR count). The summed E-state index contributed by atoms with van der Waals surface area (Å²) in [6.45, 7) is -0.0683. The zero-order chi connectivity index (χ0) is 14.4. The summed E-state index contributed by atoms with van der Waals surface area (Å²) in [5.74, 6) is -0.259. The summed E-state index contributed by atoms with van der Waals surface area (Å²) in [4.78, 5) is 22.6. The van der Waals surface area contributed by atoms with E-state index in [1.165, 1.54) is 7.05 Å². The fraction of sp³-hybridized carbons (Fsp3) is 0.154. The Morgan fingerprint density at radius 1 is 1.30 bits per heavy atom. The second-order valence-electron chi connectivity index (χ2n) is 3.98. The Hall–Kier alpha value is -2.83. The Balaban J connectivity index is 1.98. The molecular weight excluding hydrogens is 258 g/mol. The second kappa shape index (κ2) is 6.37. The zero-order valence-corrected chi connectivity index (χ0v) is 11.0. The van der Waals surface area contributed by atoms with Crippen molar-refractivity contribution >= 4 is 17.6 Å². The number of amides is 3. The molecule has 0 saturated carbocycles. The lowest BCUT2D eigenvalue weighted by molar-refractivity contribution is -0.119. The van der Waals surface area contributed by atoms with Gasteiger partial charge in [0.1, 0.15) is 0 Å². The number of aromatic nitrogens is 2. The van der Waals surface area contributed by atoms with Crippen LogP contribution in [0.2, 0.25) is 0 Å². The molecule has 0 atom stereocenters. The van der Waals surface area contributed by atoms with Gasteiger partial charge >= 0.3 is 6.03 Å². The maximum Gasteiger partial charge on any atom is 0.319 e. The highest BCUT2D eigenvalue weighted by Crippen LogP contribution is 2.13. The van der Waals surface area contributed by atoms with Crippen LogP contribution in [-0.4, -0.2) is 35.3 Å². The molecule has 2 aromatic rings. The highest BCUT2D eigenvalue weighted by Gasteiger charge is 2.05. The first-order valence-electron chi connectivity index (χ1n) is 6.04. The van der Waals surface area contributed by atoms with E-state index in [1.807, 2.05) is 24.4 Å². The van der Waals surface area contributed by atoms with Crippen molar-refractivity contribution < 1.29 is 9.59 Å². The topological polar surface area (TPSA) is 88.0 Å². The predicted molar refractivity (Wildman–Crippen MR) is 74.7 cm³/mol. The van der Waals surface area contributed by atoms with Crippen molar-refractivity contribution in [2.75, 3.05) is 18.9 Å². The Bertz CT molecular complexity index is 595. The van der Waals surface area contributed by atoms with E-state index in [0.717, 1.165) is 5.69 Å². The number of carbonyl (C=O) groups excluding carboxylic acids is 2. The van der Waals surface area contributed by atoms with Crippen LogP contribution in [-0.2, 0) is 4.79 Å². The lowest BCUT2D eigenvalue weighted by Crippen LogP contribution is -2.37. The summed E-state index contributed by atoms with van der Waals surface area (Å²) >= 11 is 0. The van der Waals surface area contributed by atoms with Crippen molar-refractivity contribution in [3.63, 3.8) is 0 Å². The molecule has 104 valence electrons. The molecule has 0 unspecified atom stereocenters. The van der Waals surface area contributed by atoms with Gasteiger partial charge in [-0.2, -0.15) is 5.10 Å². The van der Waals surface area contributed by atoms with Crippen molar-refractivity contribution in [3.05, 3.63) is 42.7 Å². The third-order valence-corrected chi connectivity index (χ3v) is 2.56. The van der Waals surface area contributed by atoms with Crippen molar-refractivity contribution in [2.45, 2.75) is 0 Å². The van der Waals surface area contributed by atoms with Crippen LogP contribution in [0.3, 0.4) is 0 Å². The number of hydrogen-bond acceptors (Lipinski definition) is 3. The first kappa shape index (κ1) is 13.6. The monoisotopic (exact) mass is 273 g/mol. The molecule has 7 heteroatoms. The second-order valence-corrected chi connectivity index (χ2v) is 3.98. The first-order chi connectivity index (χ1) is 9.69. The van der Waals surface area contributed by atoms with Crippen LogP contribution in [0.4, 0.5) is 10.5 Å². The molecule has 3 amide bonds. The quantitative estimate of drug-likeness (QED) is 0.767. The normalized spacial score (nSPS) is 9.85. The number of hydrogen-bond donors (Lipinski definition) is 3. The summed E-state index contributed by atoms with van der Waals surface area (Å²) in [5, 5.41) is 11.6. The average molecular weight is 273 g/mol. The number of urea groups is 1. The maximum atomic E-state index is 11.6. The van der Waals surface area contributed by atoms with E-state index in [9.17, 15) is 9.59 Å². The number of nitrogens with one attached hydrogen (secondary N) is 3.